The van der Waals surface area contributed by atoms with Crippen LogP contribution in [0.1, 0.15) is 25.7 Å². The minimum Gasteiger partial charge on any atom is -0.759 e. The molecule has 22 heavy (non-hydrogen) atoms. The van der Waals surface area contributed by atoms with E-state index in [9.17, 15) is 9.59 Å². The molecule has 2 aliphatic rings. The zero-order valence-corrected chi connectivity index (χ0v) is 18.3. The molecule has 0 aliphatic carbocycles. The van der Waals surface area contributed by atoms with Crippen LogP contribution in [0.15, 0.2) is 0 Å². The van der Waals surface area contributed by atoms with Crippen molar-refractivity contribution in [1.82, 2.24) is 9.80 Å². The van der Waals surface area contributed by atoms with Gasteiger partial charge >= 0.3 is 59.1 Å². The van der Waals surface area contributed by atoms with E-state index in [1.807, 2.05) is 14.1 Å². The summed E-state index contributed by atoms with van der Waals surface area (Å²) in [5, 5.41) is 0. The Morgan fingerprint density at radius 1 is 0.864 bits per heavy atom. The molecule has 0 spiro atoms. The molecule has 0 saturated carbocycles. The molecule has 2 N–H and O–H groups in total. The quantitative estimate of drug-likeness (QED) is 0.238. The van der Waals surface area contributed by atoms with E-state index in [1.165, 1.54) is 0 Å². The predicted molar refractivity (Wildman–Crippen MR) is 67.8 cm³/mol. The van der Waals surface area contributed by atoms with Crippen molar-refractivity contribution in [2.24, 2.45) is 0 Å². The normalized spacial score (nSPS) is 16.2. The number of rotatable bonds is 0. The summed E-state index contributed by atoms with van der Waals surface area (Å²) in [6, 6.07) is 0. The van der Waals surface area contributed by atoms with Gasteiger partial charge in [0.2, 0.25) is 11.8 Å². The number of amides is 2. The van der Waals surface area contributed by atoms with Gasteiger partial charge in [0.15, 0.2) is 0 Å². The summed E-state index contributed by atoms with van der Waals surface area (Å²) in [5.41, 5.74) is 0. The maximum Gasteiger partial charge on any atom is 1.00 e. The van der Waals surface area contributed by atoms with E-state index >= 15 is 0 Å². The fourth-order valence-corrected chi connectivity index (χ4v) is 1.57. The summed E-state index contributed by atoms with van der Waals surface area (Å²) in [7, 11) is -1.48. The van der Waals surface area contributed by atoms with Gasteiger partial charge in [0.1, 0.15) is 0 Å². The molecule has 2 saturated heterocycles. The molecule has 0 bridgehead atoms. The van der Waals surface area contributed by atoms with Crippen LogP contribution in [-0.4, -0.2) is 71.8 Å². The van der Waals surface area contributed by atoms with E-state index in [4.69, 9.17) is 17.5 Å². The Morgan fingerprint density at radius 2 is 1.09 bits per heavy atom. The van der Waals surface area contributed by atoms with E-state index in [-0.39, 0.29) is 64.6 Å². The molecule has 2 heterocycles. The molecule has 2 rings (SSSR count). The second-order valence-corrected chi connectivity index (χ2v) is 5.06. The van der Waals surface area contributed by atoms with Crippen LogP contribution in [0.3, 0.4) is 0 Å². The molecular weight excluding hydrogens is 338 g/mol. The van der Waals surface area contributed by atoms with Crippen molar-refractivity contribution in [3.8, 4) is 0 Å². The van der Waals surface area contributed by atoms with Gasteiger partial charge in [-0.25, -0.2) is 0 Å². The molecule has 0 aromatic heterocycles. The summed E-state index contributed by atoms with van der Waals surface area (Å²) in [4.78, 5) is 24.5. The van der Waals surface area contributed by atoms with E-state index in [2.05, 4.69) is 0 Å². The van der Waals surface area contributed by atoms with E-state index < -0.39 is 10.4 Å². The Bertz CT molecular complexity index is 387. The molecule has 0 radical (unpaired) electrons. The fourth-order valence-electron chi connectivity index (χ4n) is 1.57. The van der Waals surface area contributed by atoms with Crippen LogP contribution in [0, 0.1) is 0 Å². The van der Waals surface area contributed by atoms with Crippen LogP contribution >= 0.6 is 0 Å². The van der Waals surface area contributed by atoms with Crippen molar-refractivity contribution < 1.29 is 91.7 Å². The molecule has 2 aliphatic heterocycles. The summed E-state index contributed by atoms with van der Waals surface area (Å²) >= 11 is 0. The average molecular weight is 358 g/mol. The molecular formula is C10H20N2Na2O7S. The fraction of sp³-hybridized carbons (Fsp3) is 0.800. The summed E-state index contributed by atoms with van der Waals surface area (Å²) in [5.74, 6) is 0.583. The van der Waals surface area contributed by atoms with Crippen molar-refractivity contribution >= 4 is 22.2 Å². The van der Waals surface area contributed by atoms with Crippen LogP contribution in [0.4, 0.5) is 0 Å². The van der Waals surface area contributed by atoms with Crippen molar-refractivity contribution in [3.63, 3.8) is 0 Å². The minimum atomic E-state index is -5.17. The van der Waals surface area contributed by atoms with Gasteiger partial charge in [-0.05, 0) is 12.8 Å². The number of hydrogen-bond acceptors (Lipinski definition) is 6. The molecule has 0 aromatic rings. The third-order valence-electron chi connectivity index (χ3n) is 2.62. The average Bonchev–Trinajstić information content (AvgIpc) is 2.77. The summed E-state index contributed by atoms with van der Waals surface area (Å²) in [6.07, 6.45) is 3.62. The van der Waals surface area contributed by atoms with Crippen molar-refractivity contribution in [2.45, 2.75) is 25.7 Å². The first-order valence-electron chi connectivity index (χ1n) is 5.76. The van der Waals surface area contributed by atoms with Gasteiger partial charge in [0.25, 0.3) is 0 Å². The van der Waals surface area contributed by atoms with Crippen molar-refractivity contribution in [3.05, 3.63) is 0 Å². The molecule has 0 aromatic carbocycles. The standard InChI is InChI=1S/2C5H9NO.2Na.H2O4S.H2O/c2*1-6-4-2-3-5(6)7;;;1-5(2,3)4;/h2*2-4H2,1H3;;;(H2,1,2,3,4);1H2/q;;2*+1;;/p-2. The molecule has 120 valence electrons. The Labute approximate surface area is 175 Å². The van der Waals surface area contributed by atoms with E-state index in [0.29, 0.717) is 11.8 Å². The topological polar surface area (TPSA) is 152 Å². The van der Waals surface area contributed by atoms with Crippen LogP contribution in [0.25, 0.3) is 0 Å². The van der Waals surface area contributed by atoms with Gasteiger partial charge in [-0.15, -0.1) is 0 Å². The van der Waals surface area contributed by atoms with Crippen LogP contribution < -0.4 is 59.1 Å². The van der Waals surface area contributed by atoms with Gasteiger partial charge in [-0.2, -0.15) is 0 Å². The Hall–Kier alpha value is 0.770. The third kappa shape index (κ3) is 18.8. The zero-order valence-electron chi connectivity index (χ0n) is 13.5. The largest absolute Gasteiger partial charge is 1.00 e. The second-order valence-electron chi connectivity index (χ2n) is 4.25. The van der Waals surface area contributed by atoms with Crippen LogP contribution in [-0.2, 0) is 20.0 Å². The smallest absolute Gasteiger partial charge is 0.759 e. The van der Waals surface area contributed by atoms with Gasteiger partial charge in [0, 0.05) is 50.4 Å². The molecule has 2 amide bonds. The molecule has 0 unspecified atom stereocenters. The number of nitrogens with zero attached hydrogens (tertiary/aromatic N) is 2. The predicted octanol–water partition coefficient (Wildman–Crippen LogP) is -7.68. The van der Waals surface area contributed by atoms with Crippen LogP contribution in [0.5, 0.6) is 0 Å². The number of hydrogen-bond donors (Lipinski definition) is 0. The van der Waals surface area contributed by atoms with Crippen LogP contribution in [0.2, 0.25) is 0 Å². The van der Waals surface area contributed by atoms with Gasteiger partial charge in [0.05, 0.1) is 0 Å². The molecule has 0 atom stereocenters. The SMILES string of the molecule is CN1CCCC1=O.CN1CCCC1=O.O.O=S(=O)([O-])[O-].[Na+].[Na+]. The first-order chi connectivity index (χ1) is 8.61. The minimum absolute atomic E-state index is 0. The van der Waals surface area contributed by atoms with Crippen molar-refractivity contribution in [2.75, 3.05) is 27.2 Å². The maximum absolute atomic E-state index is 10.5. The van der Waals surface area contributed by atoms with Crippen molar-refractivity contribution in [1.29, 1.82) is 0 Å². The Morgan fingerprint density at radius 3 is 1.14 bits per heavy atom. The summed E-state index contributed by atoms with van der Waals surface area (Å²) < 4.78 is 34.1. The monoisotopic (exact) mass is 358 g/mol. The molecule has 12 heteroatoms. The first kappa shape index (κ1) is 30.6. The van der Waals surface area contributed by atoms with Gasteiger partial charge in [-0.3, -0.25) is 18.0 Å². The summed E-state index contributed by atoms with van der Waals surface area (Å²) in [6.45, 7) is 1.91. The number of carbonyl (C=O) groups is 2. The molecule has 9 nitrogen and oxygen atoms in total. The Balaban J connectivity index is -0.000000105. The number of carbonyl (C=O) groups excluding carboxylic acids is 2. The molecule has 2 fully saturated rings. The Kier molecular flexibility index (Phi) is 21.3. The maximum atomic E-state index is 10.5. The number of likely N-dealkylation sites (tertiary alicyclic amines) is 2. The third-order valence-corrected chi connectivity index (χ3v) is 2.62. The zero-order chi connectivity index (χ0) is 15.1. The second kappa shape index (κ2) is 15.3. The van der Waals surface area contributed by atoms with E-state index in [1.54, 1.807) is 9.80 Å². The first-order valence-corrected chi connectivity index (χ1v) is 7.09. The van der Waals surface area contributed by atoms with Gasteiger partial charge < -0.3 is 24.4 Å². The van der Waals surface area contributed by atoms with E-state index in [0.717, 1.165) is 38.8 Å². The van der Waals surface area contributed by atoms with Gasteiger partial charge in [-0.1, -0.05) is 0 Å².